The second kappa shape index (κ2) is 20.2. The van der Waals surface area contributed by atoms with Gasteiger partial charge in [0, 0.05) is 61.6 Å². The fourth-order valence-corrected chi connectivity index (χ4v) is 8.74. The number of halogens is 17. The van der Waals surface area contributed by atoms with Crippen LogP contribution in [0.15, 0.2) is 72.9 Å². The maximum absolute atomic E-state index is 15.5. The third kappa shape index (κ3) is 11.1. The first-order chi connectivity index (χ1) is 34.6. The Kier molecular flexibility index (Phi) is 14.7. The SMILES string of the molecule is Cc1c(-c2ccc(C(F)(F)F)cc2C(F)(F)F)nc2cc(F)cc(F)c2c1Cl.Cc1c(-c2ccc(C(F)(F)F)cc2C(F)(F)F)nc2cc(F)cc(F)c2c1Nc1cc(N2CCOCC2)cnc1N1CCOCC1. The van der Waals surface area contributed by atoms with Crippen LogP contribution in [0.4, 0.5) is 93.1 Å². The summed E-state index contributed by atoms with van der Waals surface area (Å²) in [5.74, 6) is -3.71. The maximum Gasteiger partial charge on any atom is 0.417 e. The van der Waals surface area contributed by atoms with Gasteiger partial charge in [0.25, 0.3) is 0 Å². The summed E-state index contributed by atoms with van der Waals surface area (Å²) in [5, 5.41) is 2.33. The van der Waals surface area contributed by atoms with Crippen molar-refractivity contribution >= 4 is 56.3 Å². The first kappa shape index (κ1) is 53.6. The molecule has 8 nitrogen and oxygen atoms in total. The lowest BCUT2D eigenvalue weighted by Gasteiger charge is -2.32. The van der Waals surface area contributed by atoms with Crippen LogP contribution < -0.4 is 15.1 Å². The van der Waals surface area contributed by atoms with Crippen LogP contribution >= 0.6 is 11.6 Å². The fraction of sp³-hybridized carbons (Fsp3) is 0.286. The van der Waals surface area contributed by atoms with Crippen molar-refractivity contribution in [2.75, 3.05) is 67.7 Å². The second-order valence-electron chi connectivity index (χ2n) is 16.8. The van der Waals surface area contributed by atoms with E-state index < -0.39 is 92.7 Å². The molecule has 0 unspecified atom stereocenters. The van der Waals surface area contributed by atoms with Crippen molar-refractivity contribution in [1.82, 2.24) is 15.0 Å². The molecule has 0 bridgehead atoms. The van der Waals surface area contributed by atoms with Gasteiger partial charge in [0.15, 0.2) is 5.82 Å². The van der Waals surface area contributed by atoms with Gasteiger partial charge in [-0.25, -0.2) is 32.5 Å². The number of alkyl halides is 12. The first-order valence-corrected chi connectivity index (χ1v) is 22.2. The predicted octanol–water partition coefficient (Wildman–Crippen LogP) is 14.5. The molecular weight excluding hydrogens is 1040 g/mol. The summed E-state index contributed by atoms with van der Waals surface area (Å²) < 4.78 is 230. The van der Waals surface area contributed by atoms with Crippen molar-refractivity contribution in [3.05, 3.63) is 135 Å². The van der Waals surface area contributed by atoms with Crippen molar-refractivity contribution in [1.29, 1.82) is 0 Å². The molecule has 0 atom stereocenters. The van der Waals surface area contributed by atoms with Gasteiger partial charge >= 0.3 is 24.7 Å². The lowest BCUT2D eigenvalue weighted by atomic mass is 9.95. The van der Waals surface area contributed by atoms with Gasteiger partial charge < -0.3 is 24.6 Å². The largest absolute Gasteiger partial charge is 0.417 e. The normalized spacial score (nSPS) is 14.9. The zero-order chi connectivity index (χ0) is 53.8. The number of nitrogens with zero attached hydrogens (tertiary/aromatic N) is 5. The van der Waals surface area contributed by atoms with E-state index in [0.717, 1.165) is 12.1 Å². The zero-order valence-electron chi connectivity index (χ0n) is 38.1. The van der Waals surface area contributed by atoms with Gasteiger partial charge in [-0.15, -0.1) is 0 Å². The lowest BCUT2D eigenvalue weighted by molar-refractivity contribution is -0.144. The van der Waals surface area contributed by atoms with Crippen LogP contribution in [0, 0.1) is 37.1 Å². The molecule has 4 aromatic carbocycles. The topological polar surface area (TPSA) is 75.6 Å². The van der Waals surface area contributed by atoms with Crippen LogP contribution in [-0.4, -0.2) is 67.6 Å². The molecule has 74 heavy (non-hydrogen) atoms. The third-order valence-electron chi connectivity index (χ3n) is 12.0. The second-order valence-corrected chi connectivity index (χ2v) is 17.2. The smallest absolute Gasteiger partial charge is 0.378 e. The van der Waals surface area contributed by atoms with Crippen LogP contribution in [0.25, 0.3) is 44.3 Å². The number of hydrogen-bond donors (Lipinski definition) is 1. The van der Waals surface area contributed by atoms with Gasteiger partial charge in [-0.1, -0.05) is 23.7 Å². The van der Waals surface area contributed by atoms with E-state index in [-0.39, 0.29) is 55.8 Å². The highest BCUT2D eigenvalue weighted by molar-refractivity contribution is 6.36. The van der Waals surface area contributed by atoms with E-state index in [9.17, 15) is 65.9 Å². The van der Waals surface area contributed by atoms with E-state index >= 15 is 4.39 Å². The Morgan fingerprint density at radius 2 is 0.986 bits per heavy atom. The minimum atomic E-state index is -5.21. The van der Waals surface area contributed by atoms with Crippen LogP contribution in [0.5, 0.6) is 0 Å². The maximum atomic E-state index is 15.5. The number of aromatic nitrogens is 3. The van der Waals surface area contributed by atoms with Crippen LogP contribution in [0.2, 0.25) is 5.02 Å². The van der Waals surface area contributed by atoms with E-state index in [0.29, 0.717) is 106 Å². The number of anilines is 4. The highest BCUT2D eigenvalue weighted by atomic mass is 35.5. The Bertz CT molecular complexity index is 3280. The summed E-state index contributed by atoms with van der Waals surface area (Å²) in [6.07, 6.45) is -18.7. The molecular formula is C49H35ClF16N6O2. The van der Waals surface area contributed by atoms with Gasteiger partial charge in [-0.3, -0.25) is 0 Å². The van der Waals surface area contributed by atoms with Crippen LogP contribution in [-0.2, 0) is 34.2 Å². The Balaban J connectivity index is 0.000000223. The van der Waals surface area contributed by atoms with Crippen molar-refractivity contribution in [3.8, 4) is 22.5 Å². The summed E-state index contributed by atoms with van der Waals surface area (Å²) >= 11 is 6.05. The van der Waals surface area contributed by atoms with Gasteiger partial charge in [-0.2, -0.15) is 52.7 Å². The number of benzene rings is 4. The molecule has 3 aromatic heterocycles. The number of ether oxygens (including phenoxy) is 2. The van der Waals surface area contributed by atoms with Crippen molar-refractivity contribution < 1.29 is 79.7 Å². The number of morpholine rings is 2. The molecule has 2 aliphatic heterocycles. The molecule has 7 aromatic rings. The molecule has 0 aliphatic carbocycles. The van der Waals surface area contributed by atoms with Crippen molar-refractivity contribution in [2.24, 2.45) is 0 Å². The van der Waals surface area contributed by atoms with Crippen LogP contribution in [0.3, 0.4) is 0 Å². The average Bonchev–Trinajstić information content (AvgIpc) is 3.32. The van der Waals surface area contributed by atoms with E-state index in [1.54, 1.807) is 12.3 Å². The number of pyridine rings is 3. The number of fused-ring (bicyclic) bond motifs is 2. The summed E-state index contributed by atoms with van der Waals surface area (Å²) in [7, 11) is 0. The monoisotopic (exact) mass is 1080 g/mol. The van der Waals surface area contributed by atoms with Gasteiger partial charge in [0.2, 0.25) is 0 Å². The summed E-state index contributed by atoms with van der Waals surface area (Å²) in [5.41, 5.74) is -8.14. The molecule has 0 spiro atoms. The molecule has 0 saturated carbocycles. The first-order valence-electron chi connectivity index (χ1n) is 21.9. The molecule has 25 heteroatoms. The van der Waals surface area contributed by atoms with Gasteiger partial charge in [0.1, 0.15) is 23.3 Å². The standard InChI is InChI=1S/C31H27F8N5O2.C18H8ClF8N/c1-17-27(21-3-2-18(30(34,35)36)12-22(21)31(37,38)39)41-24-14-19(32)13-23(33)26(24)28(17)42-25-15-20(43-4-8-45-9-5-43)16-40-29(25)44-6-10-46-11-7-44;1-7-15(19)14-12(21)5-9(20)6-13(14)28-16(7)10-3-2-8(17(22,23)24)4-11(10)18(25,26)27/h2-3,12-16H,4-11H2,1H3,(H,41,42);2-6H,1H3. The quantitative estimate of drug-likeness (QED) is 0.165. The van der Waals surface area contributed by atoms with E-state index in [4.69, 9.17) is 21.1 Å². The van der Waals surface area contributed by atoms with E-state index in [2.05, 4.69) is 20.3 Å². The number of hydrogen-bond acceptors (Lipinski definition) is 8. The lowest BCUT2D eigenvalue weighted by Crippen LogP contribution is -2.38. The minimum Gasteiger partial charge on any atom is -0.378 e. The molecule has 2 fully saturated rings. The molecule has 5 heterocycles. The minimum absolute atomic E-state index is 0.00612. The predicted molar refractivity (Wildman–Crippen MR) is 242 cm³/mol. The third-order valence-corrected chi connectivity index (χ3v) is 12.5. The van der Waals surface area contributed by atoms with E-state index in [1.165, 1.54) is 13.8 Å². The molecule has 0 radical (unpaired) electrons. The summed E-state index contributed by atoms with van der Waals surface area (Å²) in [6.45, 7) is 6.49. The fourth-order valence-electron chi connectivity index (χ4n) is 8.47. The zero-order valence-corrected chi connectivity index (χ0v) is 38.8. The number of rotatable bonds is 6. The summed E-state index contributed by atoms with van der Waals surface area (Å²) in [4.78, 5) is 16.7. The van der Waals surface area contributed by atoms with Crippen molar-refractivity contribution in [2.45, 2.75) is 38.6 Å². The molecule has 2 aliphatic rings. The molecule has 2 saturated heterocycles. The van der Waals surface area contributed by atoms with Gasteiger partial charge in [0.05, 0.1) is 110 Å². The average molecular weight is 1080 g/mol. The Morgan fingerprint density at radius 3 is 1.46 bits per heavy atom. The molecule has 392 valence electrons. The highest BCUT2D eigenvalue weighted by Crippen LogP contribution is 2.47. The van der Waals surface area contributed by atoms with Gasteiger partial charge in [-0.05, 0) is 55.3 Å². The number of nitrogens with one attached hydrogen (secondary N) is 1. The molecule has 1 N–H and O–H groups in total. The molecule has 9 rings (SSSR count). The van der Waals surface area contributed by atoms with Crippen LogP contribution in [0.1, 0.15) is 33.4 Å². The Labute approximate surface area is 413 Å². The van der Waals surface area contributed by atoms with E-state index in [1.807, 2.05) is 9.80 Å². The molecule has 0 amide bonds. The summed E-state index contributed by atoms with van der Waals surface area (Å²) in [6, 6.07) is 6.79. The Morgan fingerprint density at radius 1 is 0.541 bits per heavy atom. The van der Waals surface area contributed by atoms with Crippen molar-refractivity contribution in [3.63, 3.8) is 0 Å². The highest BCUT2D eigenvalue weighted by Gasteiger charge is 2.41. The Hall–Kier alpha value is -6.66.